The largest absolute Gasteiger partial charge is 0.386 e. The van der Waals surface area contributed by atoms with E-state index in [0.29, 0.717) is 24.5 Å². The van der Waals surface area contributed by atoms with Crippen molar-refractivity contribution in [2.24, 2.45) is 10.7 Å². The van der Waals surface area contributed by atoms with Crippen LogP contribution in [-0.2, 0) is 0 Å². The lowest BCUT2D eigenvalue weighted by Crippen LogP contribution is -2.35. The van der Waals surface area contributed by atoms with Crippen molar-refractivity contribution in [3.05, 3.63) is 71.9 Å². The van der Waals surface area contributed by atoms with Crippen LogP contribution in [0.4, 0.5) is 5.69 Å². The van der Waals surface area contributed by atoms with Gasteiger partial charge in [-0.2, -0.15) is 0 Å². The van der Waals surface area contributed by atoms with Crippen LogP contribution in [0.1, 0.15) is 28.8 Å². The second kappa shape index (κ2) is 8.92. The number of para-hydroxylation sites is 1. The lowest BCUT2D eigenvalue weighted by Gasteiger charge is -2.29. The molecule has 6 nitrogen and oxygen atoms in total. The van der Waals surface area contributed by atoms with Crippen molar-refractivity contribution in [1.29, 1.82) is 0 Å². The molecule has 2 aliphatic heterocycles. The normalized spacial score (nSPS) is 17.0. The number of anilines is 1. The molecule has 3 N–H and O–H groups in total. The number of hydrogen-bond donors (Lipinski definition) is 2. The van der Waals surface area contributed by atoms with Crippen LogP contribution in [0, 0.1) is 0 Å². The van der Waals surface area contributed by atoms with E-state index < -0.39 is 0 Å². The summed E-state index contributed by atoms with van der Waals surface area (Å²) in [5, 5.41) is 3.04. The van der Waals surface area contributed by atoms with Crippen LogP contribution in [0.25, 0.3) is 5.70 Å². The molecule has 2 aromatic carbocycles. The number of carbonyl (C=O) groups excluding carboxylic acids is 1. The third-order valence-electron chi connectivity index (χ3n) is 5.36. The summed E-state index contributed by atoms with van der Waals surface area (Å²) in [5.74, 6) is 0.519. The highest BCUT2D eigenvalue weighted by Gasteiger charge is 2.19. The van der Waals surface area contributed by atoms with Gasteiger partial charge in [0.2, 0.25) is 0 Å². The Kier molecular flexibility index (Phi) is 5.91. The van der Waals surface area contributed by atoms with Gasteiger partial charge in [0.05, 0.1) is 18.4 Å². The fraction of sp³-hybridized carbons (Fsp3) is 0.304. The van der Waals surface area contributed by atoms with Gasteiger partial charge in [-0.05, 0) is 50.2 Å². The van der Waals surface area contributed by atoms with Crippen LogP contribution in [0.2, 0.25) is 0 Å². The molecular formula is C23H27N5O. The number of likely N-dealkylation sites (tertiary alicyclic amines) is 1. The third-order valence-corrected chi connectivity index (χ3v) is 5.36. The number of nitrogens with one attached hydrogen (secondary N) is 1. The number of nitrogens with two attached hydrogens (primary N) is 1. The smallest absolute Gasteiger partial charge is 0.251 e. The second-order valence-electron chi connectivity index (χ2n) is 7.44. The van der Waals surface area contributed by atoms with E-state index in [1.54, 1.807) is 6.20 Å². The first-order valence-electron chi connectivity index (χ1n) is 10.2. The summed E-state index contributed by atoms with van der Waals surface area (Å²) in [6.07, 6.45) is 4.29. The molecule has 0 aromatic heterocycles. The molecule has 6 heteroatoms. The Morgan fingerprint density at radius 1 is 1.07 bits per heavy atom. The molecule has 29 heavy (non-hydrogen) atoms. The topological polar surface area (TPSA) is 74.0 Å². The number of amides is 1. The van der Waals surface area contributed by atoms with E-state index in [2.05, 4.69) is 20.1 Å². The fourth-order valence-corrected chi connectivity index (χ4v) is 3.83. The molecule has 4 rings (SSSR count). The summed E-state index contributed by atoms with van der Waals surface area (Å²) in [6, 6.07) is 17.8. The Hall–Kier alpha value is -3.12. The summed E-state index contributed by atoms with van der Waals surface area (Å²) < 4.78 is 0. The van der Waals surface area contributed by atoms with E-state index in [1.807, 2.05) is 54.6 Å². The van der Waals surface area contributed by atoms with Crippen LogP contribution in [0.15, 0.2) is 65.8 Å². The number of rotatable bonds is 6. The summed E-state index contributed by atoms with van der Waals surface area (Å²) in [5.41, 5.74) is 9.55. The van der Waals surface area contributed by atoms with Crippen LogP contribution >= 0.6 is 0 Å². The van der Waals surface area contributed by atoms with E-state index in [9.17, 15) is 4.79 Å². The van der Waals surface area contributed by atoms with Gasteiger partial charge in [-0.15, -0.1) is 0 Å². The van der Waals surface area contributed by atoms with Gasteiger partial charge in [-0.1, -0.05) is 30.3 Å². The Labute approximate surface area is 171 Å². The number of amidine groups is 1. The van der Waals surface area contributed by atoms with Gasteiger partial charge in [0, 0.05) is 29.9 Å². The average Bonchev–Trinajstić information content (AvgIpc) is 3.28. The van der Waals surface area contributed by atoms with Gasteiger partial charge in [0.25, 0.3) is 5.91 Å². The zero-order valence-corrected chi connectivity index (χ0v) is 16.6. The van der Waals surface area contributed by atoms with E-state index in [-0.39, 0.29) is 5.91 Å². The molecule has 0 saturated carbocycles. The summed E-state index contributed by atoms with van der Waals surface area (Å²) in [6.45, 7) is 4.37. The highest BCUT2D eigenvalue weighted by atomic mass is 16.1. The lowest BCUT2D eigenvalue weighted by molar-refractivity contribution is 0.0949. The molecule has 0 unspecified atom stereocenters. The Morgan fingerprint density at radius 3 is 2.66 bits per heavy atom. The first-order valence-corrected chi connectivity index (χ1v) is 10.2. The van der Waals surface area contributed by atoms with Crippen molar-refractivity contribution in [2.75, 3.05) is 37.6 Å². The maximum absolute atomic E-state index is 12.6. The van der Waals surface area contributed by atoms with Gasteiger partial charge in [0.15, 0.2) is 0 Å². The molecular weight excluding hydrogens is 362 g/mol. The third kappa shape index (κ3) is 4.66. The molecule has 1 amide bonds. The highest BCUT2D eigenvalue weighted by molar-refractivity contribution is 5.98. The standard InChI is InChI=1S/C23H27N5O/c24-22-17-28(20-9-2-1-3-10-20)21(16-26-22)18-7-6-8-19(15-18)23(29)25-11-14-27-12-4-5-13-27/h1-3,6-10,15-16H,4-5,11-14,17H2,(H2,24,26)(H,25,29). The summed E-state index contributed by atoms with van der Waals surface area (Å²) in [4.78, 5) is 21.5. The maximum atomic E-state index is 12.6. The zero-order chi connectivity index (χ0) is 20.1. The minimum Gasteiger partial charge on any atom is -0.386 e. The zero-order valence-electron chi connectivity index (χ0n) is 16.6. The molecule has 0 atom stereocenters. The van der Waals surface area contributed by atoms with Gasteiger partial charge in [0.1, 0.15) is 5.84 Å². The SMILES string of the molecule is NC1=NC=C(c2cccc(C(=O)NCCN3CCCC3)c2)N(c2ccccc2)C1. The number of carbonyl (C=O) groups is 1. The van der Waals surface area contributed by atoms with E-state index in [1.165, 1.54) is 12.8 Å². The fourth-order valence-electron chi connectivity index (χ4n) is 3.83. The molecule has 0 spiro atoms. The summed E-state index contributed by atoms with van der Waals surface area (Å²) >= 11 is 0. The first-order chi connectivity index (χ1) is 14.2. The Balaban J connectivity index is 1.49. The molecule has 2 heterocycles. The van der Waals surface area contributed by atoms with Gasteiger partial charge in [-0.3, -0.25) is 4.79 Å². The predicted molar refractivity (Wildman–Crippen MR) is 118 cm³/mol. The van der Waals surface area contributed by atoms with Crippen molar-refractivity contribution in [2.45, 2.75) is 12.8 Å². The van der Waals surface area contributed by atoms with Crippen molar-refractivity contribution in [3.8, 4) is 0 Å². The average molecular weight is 390 g/mol. The predicted octanol–water partition coefficient (Wildman–Crippen LogP) is 2.69. The van der Waals surface area contributed by atoms with Gasteiger partial charge in [-0.25, -0.2) is 4.99 Å². The van der Waals surface area contributed by atoms with Crippen LogP contribution in [0.3, 0.4) is 0 Å². The van der Waals surface area contributed by atoms with Crippen molar-refractivity contribution >= 4 is 23.1 Å². The first kappa shape index (κ1) is 19.2. The Morgan fingerprint density at radius 2 is 1.86 bits per heavy atom. The van der Waals surface area contributed by atoms with Crippen LogP contribution < -0.4 is 16.0 Å². The second-order valence-corrected chi connectivity index (χ2v) is 7.44. The molecule has 0 bridgehead atoms. The van der Waals surface area contributed by atoms with Crippen molar-refractivity contribution < 1.29 is 4.79 Å². The van der Waals surface area contributed by atoms with Crippen LogP contribution in [0.5, 0.6) is 0 Å². The van der Waals surface area contributed by atoms with Crippen molar-refractivity contribution in [3.63, 3.8) is 0 Å². The minimum atomic E-state index is -0.0447. The number of benzene rings is 2. The number of hydrogen-bond acceptors (Lipinski definition) is 5. The van der Waals surface area contributed by atoms with Crippen molar-refractivity contribution in [1.82, 2.24) is 10.2 Å². The number of nitrogens with zero attached hydrogens (tertiary/aromatic N) is 3. The maximum Gasteiger partial charge on any atom is 0.251 e. The molecule has 150 valence electrons. The van der Waals surface area contributed by atoms with E-state index in [0.717, 1.165) is 36.6 Å². The lowest BCUT2D eigenvalue weighted by atomic mass is 10.1. The molecule has 2 aliphatic rings. The highest BCUT2D eigenvalue weighted by Crippen LogP contribution is 2.28. The molecule has 1 saturated heterocycles. The molecule has 0 radical (unpaired) electrons. The van der Waals surface area contributed by atoms with Gasteiger partial charge >= 0.3 is 0 Å². The molecule has 2 aromatic rings. The quantitative estimate of drug-likeness (QED) is 0.797. The molecule has 0 aliphatic carbocycles. The van der Waals surface area contributed by atoms with E-state index in [4.69, 9.17) is 5.73 Å². The van der Waals surface area contributed by atoms with Crippen LogP contribution in [-0.4, -0.2) is 49.4 Å². The monoisotopic (exact) mass is 389 g/mol. The minimum absolute atomic E-state index is 0.0447. The summed E-state index contributed by atoms with van der Waals surface area (Å²) in [7, 11) is 0. The van der Waals surface area contributed by atoms with E-state index >= 15 is 0 Å². The molecule has 1 fully saturated rings. The van der Waals surface area contributed by atoms with Gasteiger partial charge < -0.3 is 20.9 Å². The Bertz CT molecular complexity index is 916. The number of aliphatic imine (C=N–C) groups is 1.